The Kier molecular flexibility index (Phi) is 6.56. The molecule has 0 saturated heterocycles. The first-order valence-corrected chi connectivity index (χ1v) is 7.13. The molecule has 4 heteroatoms. The van der Waals surface area contributed by atoms with Crippen LogP contribution in [-0.2, 0) is 4.74 Å². The van der Waals surface area contributed by atoms with Crippen molar-refractivity contribution >= 4 is 0 Å². The molecule has 0 aliphatic carbocycles. The zero-order chi connectivity index (χ0) is 15.2. The summed E-state index contributed by atoms with van der Waals surface area (Å²) >= 11 is 0. The normalized spacial score (nSPS) is 13.5. The summed E-state index contributed by atoms with van der Waals surface area (Å²) in [6.45, 7) is 6.87. The second kappa shape index (κ2) is 7.70. The molecular weight excluding hydrogens is 260 g/mol. The van der Waals surface area contributed by atoms with Crippen LogP contribution in [0, 0.1) is 11.6 Å². The number of halogens is 2. The van der Waals surface area contributed by atoms with E-state index >= 15 is 0 Å². The largest absolute Gasteiger partial charge is 0.379 e. The molecule has 0 heterocycles. The number of benzene rings is 1. The van der Waals surface area contributed by atoms with Gasteiger partial charge in [0.15, 0.2) is 0 Å². The van der Waals surface area contributed by atoms with E-state index in [2.05, 4.69) is 12.2 Å². The van der Waals surface area contributed by atoms with Crippen LogP contribution in [0.5, 0.6) is 0 Å². The van der Waals surface area contributed by atoms with Gasteiger partial charge in [-0.3, -0.25) is 0 Å². The van der Waals surface area contributed by atoms with E-state index in [0.29, 0.717) is 5.56 Å². The lowest BCUT2D eigenvalue weighted by Gasteiger charge is -2.27. The van der Waals surface area contributed by atoms with Crippen LogP contribution in [0.2, 0.25) is 0 Å². The Labute approximate surface area is 120 Å². The highest BCUT2D eigenvalue weighted by Crippen LogP contribution is 2.26. The van der Waals surface area contributed by atoms with Crippen molar-refractivity contribution in [3.05, 3.63) is 35.4 Å². The van der Waals surface area contributed by atoms with Crippen molar-refractivity contribution < 1.29 is 13.5 Å². The minimum absolute atomic E-state index is 0.120. The average Bonchev–Trinajstić information content (AvgIpc) is 2.40. The van der Waals surface area contributed by atoms with Gasteiger partial charge >= 0.3 is 0 Å². The predicted octanol–water partition coefficient (Wildman–Crippen LogP) is 4.21. The van der Waals surface area contributed by atoms with Crippen molar-refractivity contribution in [2.75, 3.05) is 13.7 Å². The lowest BCUT2D eigenvalue weighted by molar-refractivity contribution is 0.0116. The Morgan fingerprint density at radius 3 is 2.55 bits per heavy atom. The summed E-state index contributed by atoms with van der Waals surface area (Å²) in [5.74, 6) is -1.04. The molecule has 114 valence electrons. The first kappa shape index (κ1) is 17.1. The van der Waals surface area contributed by atoms with E-state index in [1.807, 2.05) is 13.8 Å². The predicted molar refractivity (Wildman–Crippen MR) is 77.7 cm³/mol. The van der Waals surface area contributed by atoms with Crippen molar-refractivity contribution in [1.82, 2.24) is 5.32 Å². The molecule has 0 saturated carbocycles. The molecule has 1 aromatic rings. The van der Waals surface area contributed by atoms with Crippen LogP contribution >= 0.6 is 0 Å². The molecule has 20 heavy (non-hydrogen) atoms. The summed E-state index contributed by atoms with van der Waals surface area (Å²) in [7, 11) is 1.67. The Morgan fingerprint density at radius 2 is 2.00 bits per heavy atom. The van der Waals surface area contributed by atoms with Gasteiger partial charge in [0.2, 0.25) is 0 Å². The molecule has 0 aliphatic heterocycles. The number of nitrogens with one attached hydrogen (secondary N) is 1. The average molecular weight is 285 g/mol. The number of ether oxygens (including phenoxy) is 1. The zero-order valence-electron chi connectivity index (χ0n) is 12.8. The summed E-state index contributed by atoms with van der Waals surface area (Å²) in [4.78, 5) is 0. The third kappa shape index (κ3) is 5.17. The summed E-state index contributed by atoms with van der Waals surface area (Å²) in [5.41, 5.74) is 0.273. The van der Waals surface area contributed by atoms with Crippen LogP contribution in [0.1, 0.15) is 51.6 Å². The first-order chi connectivity index (χ1) is 9.39. The molecule has 0 radical (unpaired) electrons. The van der Waals surface area contributed by atoms with Crippen LogP contribution in [-0.4, -0.2) is 19.3 Å². The van der Waals surface area contributed by atoms with Gasteiger partial charge < -0.3 is 10.1 Å². The van der Waals surface area contributed by atoms with Gasteiger partial charge in [-0.2, -0.15) is 0 Å². The van der Waals surface area contributed by atoms with E-state index in [1.165, 1.54) is 12.1 Å². The first-order valence-electron chi connectivity index (χ1n) is 7.13. The standard InChI is InChI=1S/C16H25F2NO/c1-5-10-19-15(8-9-16(2,3)20-4)13-7-6-12(17)11-14(13)18/h6-7,11,15,19H,5,8-10H2,1-4H3. The van der Waals surface area contributed by atoms with Gasteiger partial charge in [0, 0.05) is 24.8 Å². The number of rotatable bonds is 8. The molecule has 0 bridgehead atoms. The number of hydrogen-bond acceptors (Lipinski definition) is 2. The molecule has 1 unspecified atom stereocenters. The fourth-order valence-corrected chi connectivity index (χ4v) is 2.06. The third-order valence-corrected chi connectivity index (χ3v) is 3.57. The number of methoxy groups -OCH3 is 1. The van der Waals surface area contributed by atoms with Crippen molar-refractivity contribution in [1.29, 1.82) is 0 Å². The van der Waals surface area contributed by atoms with Gasteiger partial charge in [-0.15, -0.1) is 0 Å². The minimum atomic E-state index is -0.544. The summed E-state index contributed by atoms with van der Waals surface area (Å²) in [5, 5.41) is 3.32. The van der Waals surface area contributed by atoms with Gasteiger partial charge in [0.05, 0.1) is 5.60 Å². The molecule has 0 amide bonds. The maximum absolute atomic E-state index is 13.9. The highest BCUT2D eigenvalue weighted by molar-refractivity contribution is 5.22. The molecule has 2 nitrogen and oxygen atoms in total. The molecule has 0 aliphatic rings. The molecule has 0 fully saturated rings. The maximum atomic E-state index is 13.9. The van der Waals surface area contributed by atoms with E-state index in [-0.39, 0.29) is 11.6 Å². The van der Waals surface area contributed by atoms with Crippen LogP contribution in [0.3, 0.4) is 0 Å². The fraction of sp³-hybridized carbons (Fsp3) is 0.625. The Balaban J connectivity index is 2.82. The minimum Gasteiger partial charge on any atom is -0.379 e. The highest BCUT2D eigenvalue weighted by atomic mass is 19.1. The van der Waals surface area contributed by atoms with Crippen molar-refractivity contribution in [2.24, 2.45) is 0 Å². The molecular formula is C16H25F2NO. The van der Waals surface area contributed by atoms with E-state index in [0.717, 1.165) is 31.9 Å². The summed E-state index contributed by atoms with van der Waals surface area (Å²) < 4.78 is 32.3. The van der Waals surface area contributed by atoms with Crippen LogP contribution in [0.25, 0.3) is 0 Å². The quantitative estimate of drug-likeness (QED) is 0.772. The van der Waals surface area contributed by atoms with Crippen molar-refractivity contribution in [3.8, 4) is 0 Å². The Morgan fingerprint density at radius 1 is 1.30 bits per heavy atom. The van der Waals surface area contributed by atoms with E-state index in [9.17, 15) is 8.78 Å². The van der Waals surface area contributed by atoms with Crippen LogP contribution in [0.4, 0.5) is 8.78 Å². The zero-order valence-corrected chi connectivity index (χ0v) is 12.8. The molecule has 1 atom stereocenters. The summed E-state index contributed by atoms with van der Waals surface area (Å²) in [6.07, 6.45) is 2.50. The molecule has 0 aromatic heterocycles. The van der Waals surface area contributed by atoms with Gasteiger partial charge in [0.25, 0.3) is 0 Å². The Bertz CT molecular complexity index is 421. The monoisotopic (exact) mass is 285 g/mol. The van der Waals surface area contributed by atoms with Crippen molar-refractivity contribution in [2.45, 2.75) is 51.7 Å². The van der Waals surface area contributed by atoms with Gasteiger partial charge in [-0.05, 0) is 45.7 Å². The van der Waals surface area contributed by atoms with E-state index in [4.69, 9.17) is 4.74 Å². The topological polar surface area (TPSA) is 21.3 Å². The summed E-state index contributed by atoms with van der Waals surface area (Å²) in [6, 6.07) is 3.65. The second-order valence-corrected chi connectivity index (χ2v) is 5.68. The smallest absolute Gasteiger partial charge is 0.130 e. The maximum Gasteiger partial charge on any atom is 0.130 e. The van der Waals surface area contributed by atoms with Gasteiger partial charge in [-0.1, -0.05) is 13.0 Å². The molecule has 1 N–H and O–H groups in total. The molecule has 1 aromatic carbocycles. The van der Waals surface area contributed by atoms with Crippen LogP contribution in [0.15, 0.2) is 18.2 Å². The Hall–Kier alpha value is -1.00. The molecule has 0 spiro atoms. The lowest BCUT2D eigenvalue weighted by atomic mass is 9.94. The molecule has 1 rings (SSSR count). The number of hydrogen-bond donors (Lipinski definition) is 1. The van der Waals surface area contributed by atoms with Crippen molar-refractivity contribution in [3.63, 3.8) is 0 Å². The highest BCUT2D eigenvalue weighted by Gasteiger charge is 2.21. The van der Waals surface area contributed by atoms with Crippen LogP contribution < -0.4 is 5.32 Å². The lowest BCUT2D eigenvalue weighted by Crippen LogP contribution is -2.28. The van der Waals surface area contributed by atoms with E-state index < -0.39 is 11.6 Å². The van der Waals surface area contributed by atoms with Gasteiger partial charge in [0.1, 0.15) is 11.6 Å². The fourth-order valence-electron chi connectivity index (χ4n) is 2.06. The third-order valence-electron chi connectivity index (χ3n) is 3.57. The SMILES string of the molecule is CCCNC(CCC(C)(C)OC)c1ccc(F)cc1F. The van der Waals surface area contributed by atoms with E-state index in [1.54, 1.807) is 7.11 Å². The second-order valence-electron chi connectivity index (χ2n) is 5.68. The van der Waals surface area contributed by atoms with Gasteiger partial charge in [-0.25, -0.2) is 8.78 Å².